The summed E-state index contributed by atoms with van der Waals surface area (Å²) in [6.07, 6.45) is 7.06. The number of amides is 1. The molecule has 3 rings (SSSR count). The van der Waals surface area contributed by atoms with Gasteiger partial charge >= 0.3 is 0 Å². The van der Waals surface area contributed by atoms with E-state index in [1.165, 1.54) is 0 Å². The molecule has 5 nitrogen and oxygen atoms in total. The Bertz CT molecular complexity index is 678. The van der Waals surface area contributed by atoms with Gasteiger partial charge in [-0.1, -0.05) is 0 Å². The summed E-state index contributed by atoms with van der Waals surface area (Å²) in [5, 5.41) is 2.87. The Balaban J connectivity index is 1.67. The summed E-state index contributed by atoms with van der Waals surface area (Å²) >= 11 is 3.42. The molecule has 1 N–H and O–H groups in total. The highest BCUT2D eigenvalue weighted by Crippen LogP contribution is 2.14. The van der Waals surface area contributed by atoms with Crippen LogP contribution >= 0.6 is 15.9 Å². The number of carbonyl (C=O) groups excluding carboxylic acids is 1. The van der Waals surface area contributed by atoms with Crippen molar-refractivity contribution in [3.05, 3.63) is 46.5 Å². The van der Waals surface area contributed by atoms with Gasteiger partial charge in [0.1, 0.15) is 5.65 Å². The fourth-order valence-electron chi connectivity index (χ4n) is 2.12. The molecular weight excluding hydrogens is 322 g/mol. The van der Waals surface area contributed by atoms with Gasteiger partial charge in [0, 0.05) is 16.9 Å². The first-order chi connectivity index (χ1) is 9.72. The second-order valence-electron chi connectivity index (χ2n) is 4.65. The van der Waals surface area contributed by atoms with Crippen LogP contribution in [0.15, 0.2) is 40.8 Å². The van der Waals surface area contributed by atoms with Crippen molar-refractivity contribution < 1.29 is 9.53 Å². The van der Waals surface area contributed by atoms with Crippen LogP contribution in [-0.2, 0) is 16.1 Å². The number of nitrogens with one attached hydrogen (secondary N) is 1. The van der Waals surface area contributed by atoms with Gasteiger partial charge in [0.15, 0.2) is 0 Å². The molecule has 0 radical (unpaired) electrons. The number of nitrogens with zero attached hydrogens (tertiary/aromatic N) is 2. The summed E-state index contributed by atoms with van der Waals surface area (Å²) in [6, 6.07) is 3.86. The van der Waals surface area contributed by atoms with Crippen LogP contribution in [0.25, 0.3) is 5.65 Å². The van der Waals surface area contributed by atoms with E-state index in [1.807, 2.05) is 28.9 Å². The molecule has 0 atom stereocenters. The zero-order chi connectivity index (χ0) is 13.9. The number of ether oxygens (including phenoxy) is 1. The fourth-order valence-corrected chi connectivity index (χ4v) is 2.47. The van der Waals surface area contributed by atoms with Crippen molar-refractivity contribution in [2.75, 3.05) is 6.61 Å². The highest BCUT2D eigenvalue weighted by Gasteiger charge is 2.13. The van der Waals surface area contributed by atoms with Crippen molar-refractivity contribution in [1.29, 1.82) is 0 Å². The van der Waals surface area contributed by atoms with E-state index in [-0.39, 0.29) is 5.91 Å². The lowest BCUT2D eigenvalue weighted by Gasteiger charge is -2.12. The highest BCUT2D eigenvalue weighted by molar-refractivity contribution is 9.10. The third kappa shape index (κ3) is 2.85. The van der Waals surface area contributed by atoms with E-state index in [0.717, 1.165) is 28.7 Å². The van der Waals surface area contributed by atoms with Crippen molar-refractivity contribution in [2.24, 2.45) is 0 Å². The fraction of sp³-hybridized carbons (Fsp3) is 0.286. The average Bonchev–Trinajstić information content (AvgIpc) is 2.87. The molecule has 104 valence electrons. The number of hydrogen-bond donors (Lipinski definition) is 1. The minimum Gasteiger partial charge on any atom is -0.501 e. The van der Waals surface area contributed by atoms with Gasteiger partial charge in [-0.3, -0.25) is 4.79 Å². The van der Waals surface area contributed by atoms with E-state index in [1.54, 1.807) is 6.26 Å². The first kappa shape index (κ1) is 13.2. The molecule has 0 bridgehead atoms. The molecule has 20 heavy (non-hydrogen) atoms. The van der Waals surface area contributed by atoms with Crippen LogP contribution in [0.1, 0.15) is 18.5 Å². The molecule has 0 aliphatic carbocycles. The van der Waals surface area contributed by atoms with Crippen LogP contribution in [-0.4, -0.2) is 21.9 Å². The second kappa shape index (κ2) is 5.66. The predicted octanol–water partition coefficient (Wildman–Crippen LogP) is 2.41. The SMILES string of the molecule is O=C(NCc1cn2cc(Br)ccc2n1)C1=COCCC1. The molecule has 0 saturated heterocycles. The Morgan fingerprint density at radius 3 is 3.15 bits per heavy atom. The molecule has 6 heteroatoms. The number of hydrogen-bond acceptors (Lipinski definition) is 3. The first-order valence-corrected chi connectivity index (χ1v) is 7.24. The van der Waals surface area contributed by atoms with Crippen molar-refractivity contribution in [3.8, 4) is 0 Å². The van der Waals surface area contributed by atoms with Crippen LogP contribution in [0.5, 0.6) is 0 Å². The standard InChI is InChI=1S/C14H14BrN3O2/c15-11-3-4-13-17-12(8-18(13)7-11)6-16-14(19)10-2-1-5-20-9-10/h3-4,7-9H,1-2,5-6H2,(H,16,19). The average molecular weight is 336 g/mol. The van der Waals surface area contributed by atoms with Gasteiger partial charge in [0.2, 0.25) is 0 Å². The first-order valence-electron chi connectivity index (χ1n) is 6.44. The van der Waals surface area contributed by atoms with Gasteiger partial charge in [-0.2, -0.15) is 0 Å². The number of fused-ring (bicyclic) bond motifs is 1. The van der Waals surface area contributed by atoms with Crippen LogP contribution < -0.4 is 5.32 Å². The van der Waals surface area contributed by atoms with E-state index in [4.69, 9.17) is 4.74 Å². The van der Waals surface area contributed by atoms with E-state index < -0.39 is 0 Å². The van der Waals surface area contributed by atoms with Gasteiger partial charge < -0.3 is 14.5 Å². The molecular formula is C14H14BrN3O2. The topological polar surface area (TPSA) is 55.6 Å². The number of carbonyl (C=O) groups is 1. The van der Waals surface area contributed by atoms with Crippen molar-refractivity contribution >= 4 is 27.5 Å². The maximum absolute atomic E-state index is 11.9. The molecule has 0 unspecified atom stereocenters. The third-order valence-electron chi connectivity index (χ3n) is 3.12. The third-order valence-corrected chi connectivity index (χ3v) is 3.59. The summed E-state index contributed by atoms with van der Waals surface area (Å²) in [5.41, 5.74) is 2.38. The normalized spacial score (nSPS) is 14.8. The number of halogens is 1. The second-order valence-corrected chi connectivity index (χ2v) is 5.56. The smallest absolute Gasteiger partial charge is 0.250 e. The monoisotopic (exact) mass is 335 g/mol. The van der Waals surface area contributed by atoms with E-state index in [2.05, 4.69) is 26.2 Å². The van der Waals surface area contributed by atoms with Gasteiger partial charge in [-0.15, -0.1) is 0 Å². The van der Waals surface area contributed by atoms with Crippen molar-refractivity contribution in [2.45, 2.75) is 19.4 Å². The molecule has 2 aromatic rings. The maximum atomic E-state index is 11.9. The minimum atomic E-state index is -0.0806. The molecule has 1 amide bonds. The van der Waals surface area contributed by atoms with Crippen LogP contribution in [0.4, 0.5) is 0 Å². The molecule has 1 aliphatic rings. The Morgan fingerprint density at radius 2 is 2.35 bits per heavy atom. The predicted molar refractivity (Wildman–Crippen MR) is 78.0 cm³/mol. The van der Waals surface area contributed by atoms with Crippen LogP contribution in [0, 0.1) is 0 Å². The van der Waals surface area contributed by atoms with E-state index in [0.29, 0.717) is 18.7 Å². The van der Waals surface area contributed by atoms with Gasteiger partial charge in [-0.05, 0) is 40.9 Å². The summed E-state index contributed by atoms with van der Waals surface area (Å²) in [7, 11) is 0. The highest BCUT2D eigenvalue weighted by atomic mass is 79.9. The number of pyridine rings is 1. The van der Waals surface area contributed by atoms with Gasteiger partial charge in [0.25, 0.3) is 5.91 Å². The van der Waals surface area contributed by atoms with Crippen LogP contribution in [0.3, 0.4) is 0 Å². The minimum absolute atomic E-state index is 0.0806. The lowest BCUT2D eigenvalue weighted by atomic mass is 10.1. The van der Waals surface area contributed by atoms with E-state index in [9.17, 15) is 4.79 Å². The Morgan fingerprint density at radius 1 is 1.45 bits per heavy atom. The number of rotatable bonds is 3. The summed E-state index contributed by atoms with van der Waals surface area (Å²) in [5.74, 6) is -0.0806. The summed E-state index contributed by atoms with van der Waals surface area (Å²) in [4.78, 5) is 16.4. The van der Waals surface area contributed by atoms with E-state index >= 15 is 0 Å². The van der Waals surface area contributed by atoms with Crippen LogP contribution in [0.2, 0.25) is 0 Å². The summed E-state index contributed by atoms with van der Waals surface area (Å²) < 4.78 is 8.08. The quantitative estimate of drug-likeness (QED) is 0.937. The molecule has 1 aliphatic heterocycles. The number of aromatic nitrogens is 2. The maximum Gasteiger partial charge on any atom is 0.250 e. The molecule has 0 fully saturated rings. The Hall–Kier alpha value is -1.82. The summed E-state index contributed by atoms with van der Waals surface area (Å²) in [6.45, 7) is 1.10. The molecule has 0 saturated carbocycles. The molecule has 3 heterocycles. The van der Waals surface area contributed by atoms with Crippen molar-refractivity contribution in [3.63, 3.8) is 0 Å². The van der Waals surface area contributed by atoms with Gasteiger partial charge in [-0.25, -0.2) is 4.98 Å². The van der Waals surface area contributed by atoms with Crippen molar-refractivity contribution in [1.82, 2.24) is 14.7 Å². The van der Waals surface area contributed by atoms with Gasteiger partial charge in [0.05, 0.1) is 30.7 Å². The Labute approximate surface area is 124 Å². The molecule has 0 aromatic carbocycles. The largest absolute Gasteiger partial charge is 0.501 e. The zero-order valence-electron chi connectivity index (χ0n) is 10.8. The molecule has 2 aromatic heterocycles. The zero-order valence-corrected chi connectivity index (χ0v) is 12.4. The molecule has 0 spiro atoms. The lowest BCUT2D eigenvalue weighted by molar-refractivity contribution is -0.118. The lowest BCUT2D eigenvalue weighted by Crippen LogP contribution is -2.26. The Kier molecular flexibility index (Phi) is 3.73. The number of imidazole rings is 1.